The first-order valence-corrected chi connectivity index (χ1v) is 8.88. The number of ether oxygens (including phenoxy) is 2. The van der Waals surface area contributed by atoms with Gasteiger partial charge >= 0.3 is 5.97 Å². The molecule has 2 heterocycles. The predicted octanol–water partition coefficient (Wildman–Crippen LogP) is 2.78. The molecule has 2 unspecified atom stereocenters. The minimum atomic E-state index is -0.729. The second-order valence-electron chi connectivity index (χ2n) is 7.45. The number of alkyl halides is 1. The van der Waals surface area contributed by atoms with Crippen molar-refractivity contribution in [3.63, 3.8) is 0 Å². The first-order valence-electron chi connectivity index (χ1n) is 8.88. The van der Waals surface area contributed by atoms with Crippen molar-refractivity contribution in [1.82, 2.24) is 4.98 Å². The average molecular weight is 361 g/mol. The lowest BCUT2D eigenvalue weighted by molar-refractivity contribution is 0.00763. The van der Waals surface area contributed by atoms with Gasteiger partial charge in [-0.25, -0.2) is 14.2 Å². The lowest BCUT2D eigenvalue weighted by atomic mass is 10.1. The van der Waals surface area contributed by atoms with Crippen LogP contribution in [0.1, 0.15) is 47.8 Å². The number of anilines is 1. The molecule has 2 aliphatic rings. The zero-order chi connectivity index (χ0) is 18.9. The Balaban J connectivity index is 1.64. The van der Waals surface area contributed by atoms with Crippen LogP contribution in [0.2, 0.25) is 0 Å². The first kappa shape index (κ1) is 18.6. The molecule has 3 rings (SSSR count). The number of aryl methyl sites for hydroxylation is 1. The fraction of sp³-hybridized carbons (Fsp3) is 0.632. The number of carbonyl (C=O) groups excluding carboxylic acids is 1. The highest BCUT2D eigenvalue weighted by Gasteiger charge is 2.51. The van der Waals surface area contributed by atoms with E-state index >= 15 is 0 Å². The molecule has 1 saturated carbocycles. The van der Waals surface area contributed by atoms with E-state index in [0.717, 1.165) is 31.5 Å². The number of methoxy groups -OCH3 is 1. The molecule has 0 spiro atoms. The molecule has 1 aromatic rings. The van der Waals surface area contributed by atoms with E-state index < -0.39 is 12.1 Å². The molecular weight excluding hydrogens is 337 g/mol. The number of nitrogens with zero attached hydrogens (tertiary/aromatic N) is 3. The molecule has 0 N–H and O–H groups in total. The monoisotopic (exact) mass is 361 g/mol. The molecule has 0 radical (unpaired) electrons. The quantitative estimate of drug-likeness (QED) is 0.751. The van der Waals surface area contributed by atoms with Crippen LogP contribution in [0.5, 0.6) is 0 Å². The van der Waals surface area contributed by atoms with Crippen molar-refractivity contribution in [3.05, 3.63) is 22.9 Å². The van der Waals surface area contributed by atoms with Crippen LogP contribution in [-0.2, 0) is 9.47 Å². The summed E-state index contributed by atoms with van der Waals surface area (Å²) in [6, 6.07) is 3.63. The number of nitriles is 1. The predicted molar refractivity (Wildman–Crippen MR) is 93.8 cm³/mol. The molecule has 26 heavy (non-hydrogen) atoms. The molecule has 2 fully saturated rings. The molecule has 1 saturated heterocycles. The van der Waals surface area contributed by atoms with Gasteiger partial charge in [-0.3, -0.25) is 0 Å². The number of hydrogen-bond acceptors (Lipinski definition) is 6. The van der Waals surface area contributed by atoms with Crippen LogP contribution in [0.15, 0.2) is 6.07 Å². The molecule has 6 nitrogen and oxygen atoms in total. The highest BCUT2D eigenvalue weighted by atomic mass is 19.1. The van der Waals surface area contributed by atoms with Gasteiger partial charge in [-0.15, -0.1) is 0 Å². The normalized spacial score (nSPS) is 25.7. The summed E-state index contributed by atoms with van der Waals surface area (Å²) < 4.78 is 23.9. The second kappa shape index (κ2) is 7.20. The highest BCUT2D eigenvalue weighted by molar-refractivity contribution is 5.92. The third-order valence-corrected chi connectivity index (χ3v) is 5.33. The van der Waals surface area contributed by atoms with E-state index in [0.29, 0.717) is 18.8 Å². The Morgan fingerprint density at radius 1 is 1.50 bits per heavy atom. The summed E-state index contributed by atoms with van der Waals surface area (Å²) in [7, 11) is 1.28. The molecule has 0 aromatic carbocycles. The molecule has 1 aromatic heterocycles. The Hall–Kier alpha value is -2.20. The summed E-state index contributed by atoms with van der Waals surface area (Å²) in [6.07, 6.45) is 1.65. The number of aromatic nitrogens is 1. The van der Waals surface area contributed by atoms with Crippen LogP contribution in [0.3, 0.4) is 0 Å². The van der Waals surface area contributed by atoms with Gasteiger partial charge in [0.2, 0.25) is 0 Å². The fourth-order valence-corrected chi connectivity index (χ4v) is 3.32. The van der Waals surface area contributed by atoms with Gasteiger partial charge in [0.15, 0.2) is 5.69 Å². The van der Waals surface area contributed by atoms with E-state index in [1.807, 2.05) is 19.9 Å². The zero-order valence-corrected chi connectivity index (χ0v) is 15.4. The number of esters is 1. The maximum Gasteiger partial charge on any atom is 0.340 e. The van der Waals surface area contributed by atoms with Gasteiger partial charge in [-0.1, -0.05) is 6.92 Å². The Kier molecular flexibility index (Phi) is 5.15. The Labute approximate surface area is 152 Å². The van der Waals surface area contributed by atoms with E-state index in [2.05, 4.69) is 9.88 Å². The smallest absolute Gasteiger partial charge is 0.340 e. The number of pyridine rings is 1. The van der Waals surface area contributed by atoms with E-state index in [1.165, 1.54) is 7.11 Å². The Morgan fingerprint density at radius 2 is 2.15 bits per heavy atom. The van der Waals surface area contributed by atoms with E-state index in [4.69, 9.17) is 9.47 Å². The largest absolute Gasteiger partial charge is 0.465 e. The molecule has 0 amide bonds. The number of hydrogen-bond donors (Lipinski definition) is 0. The van der Waals surface area contributed by atoms with Gasteiger partial charge in [-0.05, 0) is 37.8 Å². The van der Waals surface area contributed by atoms with E-state index in [1.54, 1.807) is 6.07 Å². The van der Waals surface area contributed by atoms with Crippen molar-refractivity contribution < 1.29 is 18.7 Å². The Morgan fingerprint density at radius 3 is 2.69 bits per heavy atom. The van der Waals surface area contributed by atoms with Gasteiger partial charge in [0.25, 0.3) is 0 Å². The summed E-state index contributed by atoms with van der Waals surface area (Å²) in [5.41, 5.74) is 0.801. The number of halogens is 1. The SMILES string of the molecule is COC(=O)c1cc(C)c(N2CCC(OCC3(C)CC3F)CC2)nc1C#N. The molecule has 140 valence electrons. The number of piperidine rings is 1. The minimum Gasteiger partial charge on any atom is -0.465 e. The molecule has 0 bridgehead atoms. The topological polar surface area (TPSA) is 75.4 Å². The van der Waals surface area contributed by atoms with Crippen LogP contribution in [-0.4, -0.2) is 50.0 Å². The molecule has 2 atom stereocenters. The van der Waals surface area contributed by atoms with Crippen LogP contribution >= 0.6 is 0 Å². The lowest BCUT2D eigenvalue weighted by Crippen LogP contribution is -2.38. The summed E-state index contributed by atoms with van der Waals surface area (Å²) in [6.45, 7) is 5.76. The van der Waals surface area contributed by atoms with Gasteiger partial charge in [0.05, 0.1) is 25.4 Å². The number of rotatable bonds is 5. The van der Waals surface area contributed by atoms with Crippen molar-refractivity contribution >= 4 is 11.8 Å². The van der Waals surface area contributed by atoms with Crippen molar-refractivity contribution in [2.45, 2.75) is 45.4 Å². The average Bonchev–Trinajstić information content (AvgIpc) is 3.26. The zero-order valence-electron chi connectivity index (χ0n) is 15.4. The minimum absolute atomic E-state index is 0.0754. The second-order valence-corrected chi connectivity index (χ2v) is 7.45. The summed E-state index contributed by atoms with van der Waals surface area (Å²) >= 11 is 0. The summed E-state index contributed by atoms with van der Waals surface area (Å²) in [5, 5.41) is 9.30. The Bertz CT molecular complexity index is 740. The molecule has 1 aliphatic heterocycles. The van der Waals surface area contributed by atoms with Gasteiger partial charge in [0, 0.05) is 18.5 Å². The van der Waals surface area contributed by atoms with Gasteiger partial charge in [-0.2, -0.15) is 5.26 Å². The molecular formula is C19H24FN3O3. The lowest BCUT2D eigenvalue weighted by Gasteiger charge is -2.34. The standard InChI is InChI=1S/C19H24FN3O3/c1-12-8-14(18(24)25-3)15(10-21)22-17(12)23-6-4-13(5-7-23)26-11-19(2)9-16(19)20/h8,13,16H,4-7,9,11H2,1-3H3. The van der Waals surface area contributed by atoms with Crippen LogP contribution in [0, 0.1) is 23.7 Å². The molecule has 7 heteroatoms. The third-order valence-electron chi connectivity index (χ3n) is 5.33. The van der Waals surface area contributed by atoms with Crippen LogP contribution in [0.25, 0.3) is 0 Å². The first-order chi connectivity index (χ1) is 12.4. The van der Waals surface area contributed by atoms with Gasteiger partial charge < -0.3 is 14.4 Å². The van der Waals surface area contributed by atoms with Crippen LogP contribution < -0.4 is 4.90 Å². The molecule has 1 aliphatic carbocycles. The number of carbonyl (C=O) groups is 1. The fourth-order valence-electron chi connectivity index (χ4n) is 3.32. The third kappa shape index (κ3) is 3.65. The van der Waals surface area contributed by atoms with Crippen molar-refractivity contribution in [2.24, 2.45) is 5.41 Å². The maximum atomic E-state index is 13.3. The van der Waals surface area contributed by atoms with Crippen molar-refractivity contribution in [1.29, 1.82) is 5.26 Å². The van der Waals surface area contributed by atoms with Crippen LogP contribution in [0.4, 0.5) is 10.2 Å². The van der Waals surface area contributed by atoms with E-state index in [9.17, 15) is 14.4 Å². The maximum absolute atomic E-state index is 13.3. The summed E-state index contributed by atoms with van der Waals surface area (Å²) in [5.74, 6) is 0.154. The highest BCUT2D eigenvalue weighted by Crippen LogP contribution is 2.48. The van der Waals surface area contributed by atoms with Gasteiger partial charge in [0.1, 0.15) is 18.1 Å². The van der Waals surface area contributed by atoms with Crippen molar-refractivity contribution in [2.75, 3.05) is 31.7 Å². The van der Waals surface area contributed by atoms with Crippen molar-refractivity contribution in [3.8, 4) is 6.07 Å². The summed E-state index contributed by atoms with van der Waals surface area (Å²) in [4.78, 5) is 18.3. The van der Waals surface area contributed by atoms with E-state index in [-0.39, 0.29) is 22.8 Å².